The van der Waals surface area contributed by atoms with Crippen molar-refractivity contribution in [3.05, 3.63) is 118 Å². The maximum Gasteiger partial charge on any atom is 0.256 e. The Morgan fingerprint density at radius 1 is 0.909 bits per heavy atom. The second-order valence-electron chi connectivity index (χ2n) is 8.03. The van der Waals surface area contributed by atoms with E-state index < -0.39 is 0 Å². The number of nitrogens with one attached hydrogen (secondary N) is 1. The van der Waals surface area contributed by atoms with E-state index in [4.69, 9.17) is 0 Å². The summed E-state index contributed by atoms with van der Waals surface area (Å²) in [4.78, 5) is 26.3. The summed E-state index contributed by atoms with van der Waals surface area (Å²) in [7, 11) is 0. The van der Waals surface area contributed by atoms with E-state index in [1.807, 2.05) is 32.0 Å². The molecule has 166 valence electrons. The van der Waals surface area contributed by atoms with Crippen LogP contribution in [-0.2, 0) is 6.54 Å². The Morgan fingerprint density at radius 3 is 2.30 bits per heavy atom. The van der Waals surface area contributed by atoms with Gasteiger partial charge in [-0.25, -0.2) is 4.39 Å². The normalized spacial score (nSPS) is 10.8. The number of halogens is 1. The number of aryl methyl sites for hydroxylation is 2. The number of rotatable bonds is 6. The number of amides is 1. The fourth-order valence-electron chi connectivity index (χ4n) is 3.76. The van der Waals surface area contributed by atoms with Crippen LogP contribution in [0.5, 0.6) is 0 Å². The van der Waals surface area contributed by atoms with Gasteiger partial charge in [0, 0.05) is 11.1 Å². The molecule has 0 fully saturated rings. The van der Waals surface area contributed by atoms with Crippen molar-refractivity contribution in [1.82, 2.24) is 9.78 Å². The van der Waals surface area contributed by atoms with E-state index in [9.17, 15) is 14.0 Å². The Hall–Kier alpha value is -4.06. The number of ketones is 1. The van der Waals surface area contributed by atoms with E-state index in [1.165, 1.54) is 12.1 Å². The first-order chi connectivity index (χ1) is 15.8. The molecule has 0 atom stereocenters. The molecule has 4 aromatic rings. The molecule has 0 bridgehead atoms. The molecule has 0 unspecified atom stereocenters. The minimum atomic E-state index is -0.387. The number of benzene rings is 3. The molecule has 6 heteroatoms. The Morgan fingerprint density at radius 2 is 1.61 bits per heavy atom. The van der Waals surface area contributed by atoms with Gasteiger partial charge in [-0.05, 0) is 44.5 Å². The molecular formula is C27H24FN3O2. The van der Waals surface area contributed by atoms with Crippen molar-refractivity contribution >= 4 is 17.4 Å². The average Bonchev–Trinajstić information content (AvgIpc) is 3.06. The smallest absolute Gasteiger partial charge is 0.256 e. The highest BCUT2D eigenvalue weighted by Crippen LogP contribution is 2.23. The predicted octanol–water partition coefficient (Wildman–Crippen LogP) is 5.48. The quantitative estimate of drug-likeness (QED) is 0.403. The lowest BCUT2D eigenvalue weighted by atomic mass is 9.97. The van der Waals surface area contributed by atoms with Gasteiger partial charge in [-0.15, -0.1) is 0 Å². The molecule has 0 radical (unpaired) electrons. The molecule has 1 aromatic heterocycles. The van der Waals surface area contributed by atoms with Crippen LogP contribution in [0.1, 0.15) is 48.8 Å². The van der Waals surface area contributed by atoms with Gasteiger partial charge in [0.05, 0.1) is 29.2 Å². The van der Waals surface area contributed by atoms with Crippen molar-refractivity contribution in [2.24, 2.45) is 0 Å². The third kappa shape index (κ3) is 4.75. The molecule has 1 heterocycles. The minimum absolute atomic E-state index is 0.212. The van der Waals surface area contributed by atoms with Gasteiger partial charge < -0.3 is 5.32 Å². The standard InChI is InChI=1S/C27H24FN3O2/c1-17-11-13-21(14-12-17)26(32)23-9-4-5-10-24(23)27(33)29-25-18(2)30-31(19(25)3)16-20-7-6-8-22(28)15-20/h4-15H,16H2,1-3H3,(H,29,33). The minimum Gasteiger partial charge on any atom is -0.319 e. The van der Waals surface area contributed by atoms with Crippen molar-refractivity contribution in [2.45, 2.75) is 27.3 Å². The van der Waals surface area contributed by atoms with Crippen LogP contribution < -0.4 is 5.32 Å². The number of hydrogen-bond acceptors (Lipinski definition) is 3. The SMILES string of the molecule is Cc1ccc(C(=O)c2ccccc2C(=O)Nc2c(C)nn(Cc3cccc(F)c3)c2C)cc1. The van der Waals surface area contributed by atoms with Crippen molar-refractivity contribution < 1.29 is 14.0 Å². The van der Waals surface area contributed by atoms with Gasteiger partial charge >= 0.3 is 0 Å². The summed E-state index contributed by atoms with van der Waals surface area (Å²) in [6, 6.07) is 20.4. The summed E-state index contributed by atoms with van der Waals surface area (Å²) in [5.74, 6) is -0.907. The summed E-state index contributed by atoms with van der Waals surface area (Å²) < 4.78 is 15.3. The van der Waals surface area contributed by atoms with Crippen LogP contribution in [0.25, 0.3) is 0 Å². The molecule has 1 amide bonds. The Balaban J connectivity index is 1.60. The molecule has 0 aliphatic rings. The number of hydrogen-bond donors (Lipinski definition) is 1. The second kappa shape index (κ2) is 9.20. The highest BCUT2D eigenvalue weighted by molar-refractivity contribution is 6.17. The maximum atomic E-state index is 13.5. The van der Waals surface area contributed by atoms with Crippen LogP contribution in [0, 0.1) is 26.6 Å². The van der Waals surface area contributed by atoms with E-state index in [1.54, 1.807) is 54.1 Å². The van der Waals surface area contributed by atoms with Crippen LogP contribution in [0.3, 0.4) is 0 Å². The van der Waals surface area contributed by atoms with E-state index in [2.05, 4.69) is 10.4 Å². The number of carbonyl (C=O) groups excluding carboxylic acids is 2. The van der Waals surface area contributed by atoms with Crippen molar-refractivity contribution in [2.75, 3.05) is 5.32 Å². The van der Waals surface area contributed by atoms with Crippen molar-refractivity contribution in [1.29, 1.82) is 0 Å². The third-order valence-corrected chi connectivity index (χ3v) is 5.57. The first-order valence-corrected chi connectivity index (χ1v) is 10.6. The zero-order chi connectivity index (χ0) is 23.5. The molecule has 0 saturated heterocycles. The van der Waals surface area contributed by atoms with Gasteiger partial charge in [0.25, 0.3) is 5.91 Å². The molecule has 0 aliphatic carbocycles. The van der Waals surface area contributed by atoms with Crippen molar-refractivity contribution in [3.63, 3.8) is 0 Å². The van der Waals surface area contributed by atoms with E-state index in [0.717, 1.165) is 16.8 Å². The lowest BCUT2D eigenvalue weighted by molar-refractivity contribution is 0.0996. The summed E-state index contributed by atoms with van der Waals surface area (Å²) in [6.45, 7) is 5.98. The van der Waals surface area contributed by atoms with Gasteiger partial charge in [-0.1, -0.05) is 60.2 Å². The largest absolute Gasteiger partial charge is 0.319 e. The van der Waals surface area contributed by atoms with Crippen LogP contribution in [0.4, 0.5) is 10.1 Å². The summed E-state index contributed by atoms with van der Waals surface area (Å²) in [5, 5.41) is 7.43. The van der Waals surface area contributed by atoms with Gasteiger partial charge in [0.2, 0.25) is 0 Å². The Bertz CT molecular complexity index is 1340. The molecule has 3 aromatic carbocycles. The van der Waals surface area contributed by atoms with Gasteiger partial charge in [-0.2, -0.15) is 5.10 Å². The van der Waals surface area contributed by atoms with E-state index in [-0.39, 0.29) is 17.5 Å². The third-order valence-electron chi connectivity index (χ3n) is 5.57. The zero-order valence-electron chi connectivity index (χ0n) is 18.7. The summed E-state index contributed by atoms with van der Waals surface area (Å²) >= 11 is 0. The Labute approximate surface area is 191 Å². The maximum absolute atomic E-state index is 13.5. The lowest BCUT2D eigenvalue weighted by Crippen LogP contribution is -2.18. The molecule has 0 aliphatic heterocycles. The van der Waals surface area contributed by atoms with Crippen molar-refractivity contribution in [3.8, 4) is 0 Å². The highest BCUT2D eigenvalue weighted by atomic mass is 19.1. The van der Waals surface area contributed by atoms with Crippen LogP contribution in [0.2, 0.25) is 0 Å². The van der Waals surface area contributed by atoms with Gasteiger partial charge in [-0.3, -0.25) is 14.3 Å². The van der Waals surface area contributed by atoms with Crippen LogP contribution >= 0.6 is 0 Å². The second-order valence-corrected chi connectivity index (χ2v) is 8.03. The molecular weight excluding hydrogens is 417 g/mol. The molecule has 4 rings (SSSR count). The summed E-state index contributed by atoms with van der Waals surface area (Å²) in [5.41, 5.74) is 4.93. The van der Waals surface area contributed by atoms with E-state index >= 15 is 0 Å². The highest BCUT2D eigenvalue weighted by Gasteiger charge is 2.21. The molecule has 5 nitrogen and oxygen atoms in total. The van der Waals surface area contributed by atoms with E-state index in [0.29, 0.717) is 34.6 Å². The number of aromatic nitrogens is 2. The number of nitrogens with zero attached hydrogens (tertiary/aromatic N) is 2. The van der Waals surface area contributed by atoms with Crippen LogP contribution in [-0.4, -0.2) is 21.5 Å². The van der Waals surface area contributed by atoms with Crippen LogP contribution in [0.15, 0.2) is 72.8 Å². The number of anilines is 1. The fraction of sp³-hybridized carbons (Fsp3) is 0.148. The molecule has 0 saturated carbocycles. The predicted molar refractivity (Wildman–Crippen MR) is 126 cm³/mol. The Kier molecular flexibility index (Phi) is 6.18. The fourth-order valence-corrected chi connectivity index (χ4v) is 3.76. The van der Waals surface area contributed by atoms with Gasteiger partial charge in [0.15, 0.2) is 5.78 Å². The average molecular weight is 442 g/mol. The summed E-state index contributed by atoms with van der Waals surface area (Å²) in [6.07, 6.45) is 0. The first-order valence-electron chi connectivity index (χ1n) is 10.6. The topological polar surface area (TPSA) is 64.0 Å². The lowest BCUT2D eigenvalue weighted by Gasteiger charge is -2.11. The first kappa shape index (κ1) is 22.1. The molecule has 0 spiro atoms. The monoisotopic (exact) mass is 441 g/mol. The zero-order valence-corrected chi connectivity index (χ0v) is 18.7. The molecule has 33 heavy (non-hydrogen) atoms. The van der Waals surface area contributed by atoms with Gasteiger partial charge in [0.1, 0.15) is 5.82 Å². The number of carbonyl (C=O) groups is 2. The molecule has 1 N–H and O–H groups in total.